The van der Waals surface area contributed by atoms with Gasteiger partial charge in [-0.15, -0.1) is 11.8 Å². The Labute approximate surface area is 184 Å². The molecule has 0 bridgehead atoms. The molecule has 3 rings (SSSR count). The van der Waals surface area contributed by atoms with Crippen molar-refractivity contribution in [2.75, 3.05) is 5.75 Å². The molecule has 3 aromatic rings. The fraction of sp³-hybridized carbons (Fsp3) is 0.217. The van der Waals surface area contributed by atoms with Gasteiger partial charge >= 0.3 is 0 Å². The molecule has 0 spiro atoms. The van der Waals surface area contributed by atoms with Crippen LogP contribution < -0.4 is 5.43 Å². The maximum atomic E-state index is 12.0. The number of hydrogen-bond donors (Lipinski definition) is 1. The minimum atomic E-state index is -0.0980. The maximum absolute atomic E-state index is 12.0. The molecule has 0 atom stereocenters. The molecule has 0 aliphatic carbocycles. The molecule has 0 aliphatic heterocycles. The lowest BCUT2D eigenvalue weighted by molar-refractivity contribution is -0.118. The van der Waals surface area contributed by atoms with E-state index in [-0.39, 0.29) is 5.91 Å². The van der Waals surface area contributed by atoms with Crippen LogP contribution in [0.25, 0.3) is 5.69 Å². The largest absolute Gasteiger partial charge is 0.318 e. The van der Waals surface area contributed by atoms with Crippen LogP contribution in [0.4, 0.5) is 0 Å². The predicted octanol–water partition coefficient (Wildman–Crippen LogP) is 5.55. The second-order valence-corrected chi connectivity index (χ2v) is 8.81. The number of nitrogens with zero attached hydrogens (tertiary/aromatic N) is 2. The number of nitrogens with one attached hydrogen (secondary N) is 1. The topological polar surface area (TPSA) is 46.4 Å². The highest BCUT2D eigenvalue weighted by Gasteiger charge is 2.10. The van der Waals surface area contributed by atoms with E-state index in [9.17, 15) is 4.79 Å². The first-order valence-corrected chi connectivity index (χ1v) is 11.3. The molecule has 1 amide bonds. The Kier molecular flexibility index (Phi) is 7.34. The average molecular weight is 470 g/mol. The first-order valence-electron chi connectivity index (χ1n) is 9.34. The molecule has 1 heterocycles. The number of amides is 1. The van der Waals surface area contributed by atoms with Crippen molar-refractivity contribution in [1.29, 1.82) is 0 Å². The van der Waals surface area contributed by atoms with Gasteiger partial charge in [0.1, 0.15) is 0 Å². The fourth-order valence-corrected chi connectivity index (χ4v) is 4.25. The van der Waals surface area contributed by atoms with Crippen molar-refractivity contribution in [2.45, 2.75) is 26.5 Å². The third kappa shape index (κ3) is 5.84. The zero-order valence-corrected chi connectivity index (χ0v) is 19.2. The highest BCUT2D eigenvalue weighted by Crippen LogP contribution is 2.22. The van der Waals surface area contributed by atoms with Crippen molar-refractivity contribution < 1.29 is 4.79 Å². The summed E-state index contributed by atoms with van der Waals surface area (Å²) in [6, 6.07) is 18.6. The van der Waals surface area contributed by atoms with Crippen molar-refractivity contribution in [2.24, 2.45) is 5.10 Å². The number of carbonyl (C=O) groups is 1. The number of hydrazone groups is 1. The van der Waals surface area contributed by atoms with Gasteiger partial charge in [0, 0.05) is 32.9 Å². The summed E-state index contributed by atoms with van der Waals surface area (Å²) in [5, 5.41) is 4.14. The number of carbonyl (C=O) groups excluding carboxylic acids is 1. The van der Waals surface area contributed by atoms with E-state index in [1.165, 1.54) is 11.1 Å². The Morgan fingerprint density at radius 2 is 1.90 bits per heavy atom. The van der Waals surface area contributed by atoms with Crippen LogP contribution in [0.1, 0.15) is 28.1 Å². The van der Waals surface area contributed by atoms with Crippen LogP contribution in [0, 0.1) is 20.8 Å². The molecular weight excluding hydrogens is 446 g/mol. The molecule has 0 fully saturated rings. The molecule has 29 heavy (non-hydrogen) atoms. The highest BCUT2D eigenvalue weighted by atomic mass is 79.9. The number of aromatic nitrogens is 1. The number of halogens is 1. The Bertz CT molecular complexity index is 1030. The second-order valence-electron chi connectivity index (χ2n) is 6.91. The van der Waals surface area contributed by atoms with Crippen LogP contribution in [0.5, 0.6) is 0 Å². The molecular formula is C23H24BrN3OS. The summed E-state index contributed by atoms with van der Waals surface area (Å²) in [6.45, 7) is 6.18. The van der Waals surface area contributed by atoms with Gasteiger partial charge in [0.25, 0.3) is 0 Å². The van der Waals surface area contributed by atoms with Crippen molar-refractivity contribution in [1.82, 2.24) is 9.99 Å². The van der Waals surface area contributed by atoms with Gasteiger partial charge in [-0.25, -0.2) is 5.43 Å². The molecule has 2 aromatic carbocycles. The monoisotopic (exact) mass is 469 g/mol. The van der Waals surface area contributed by atoms with E-state index in [0.29, 0.717) is 5.75 Å². The zero-order valence-electron chi connectivity index (χ0n) is 16.8. The van der Waals surface area contributed by atoms with Crippen LogP contribution in [-0.2, 0) is 10.5 Å². The molecule has 0 saturated heterocycles. The smallest absolute Gasteiger partial charge is 0.250 e. The van der Waals surface area contributed by atoms with Gasteiger partial charge in [-0.1, -0.05) is 51.8 Å². The zero-order chi connectivity index (χ0) is 20.8. The van der Waals surface area contributed by atoms with Gasteiger partial charge in [-0.2, -0.15) is 5.10 Å². The summed E-state index contributed by atoms with van der Waals surface area (Å²) in [5.74, 6) is 1.09. The minimum absolute atomic E-state index is 0.0980. The quantitative estimate of drug-likeness (QED) is 0.364. The molecule has 150 valence electrons. The van der Waals surface area contributed by atoms with E-state index in [1.54, 1.807) is 18.0 Å². The molecule has 1 N–H and O–H groups in total. The predicted molar refractivity (Wildman–Crippen MR) is 126 cm³/mol. The van der Waals surface area contributed by atoms with Crippen molar-refractivity contribution in [3.63, 3.8) is 0 Å². The lowest BCUT2D eigenvalue weighted by Crippen LogP contribution is -2.19. The van der Waals surface area contributed by atoms with Crippen molar-refractivity contribution >= 4 is 39.8 Å². The summed E-state index contributed by atoms with van der Waals surface area (Å²) in [7, 11) is 0. The van der Waals surface area contributed by atoms with E-state index in [1.807, 2.05) is 12.1 Å². The fourth-order valence-electron chi connectivity index (χ4n) is 3.08. The van der Waals surface area contributed by atoms with Gasteiger partial charge in [0.2, 0.25) is 5.91 Å². The summed E-state index contributed by atoms with van der Waals surface area (Å²) in [6.07, 6.45) is 1.71. The van der Waals surface area contributed by atoms with Gasteiger partial charge in [0.15, 0.2) is 0 Å². The average Bonchev–Trinajstić information content (AvgIpc) is 2.97. The van der Waals surface area contributed by atoms with Gasteiger partial charge in [-0.05, 0) is 50.6 Å². The van der Waals surface area contributed by atoms with Gasteiger partial charge in [-0.3, -0.25) is 4.79 Å². The summed E-state index contributed by atoms with van der Waals surface area (Å²) in [4.78, 5) is 12.0. The highest BCUT2D eigenvalue weighted by molar-refractivity contribution is 9.10. The minimum Gasteiger partial charge on any atom is -0.318 e. The molecule has 1 aromatic heterocycles. The molecule has 0 saturated carbocycles. The third-order valence-corrected chi connectivity index (χ3v) is 6.05. The number of thioether (sulfide) groups is 1. The van der Waals surface area contributed by atoms with Crippen LogP contribution in [0.15, 0.2) is 64.2 Å². The van der Waals surface area contributed by atoms with E-state index >= 15 is 0 Å². The normalized spacial score (nSPS) is 11.2. The molecule has 6 heteroatoms. The number of aryl methyl sites for hydroxylation is 2. The van der Waals surface area contributed by atoms with Gasteiger partial charge in [0.05, 0.1) is 12.0 Å². The van der Waals surface area contributed by atoms with E-state index in [0.717, 1.165) is 32.9 Å². The van der Waals surface area contributed by atoms with E-state index in [4.69, 9.17) is 0 Å². The summed E-state index contributed by atoms with van der Waals surface area (Å²) >= 11 is 5.10. The van der Waals surface area contributed by atoms with Crippen LogP contribution in [0.3, 0.4) is 0 Å². The maximum Gasteiger partial charge on any atom is 0.250 e. The van der Waals surface area contributed by atoms with Crippen LogP contribution in [0.2, 0.25) is 0 Å². The van der Waals surface area contributed by atoms with Gasteiger partial charge < -0.3 is 4.57 Å². The molecule has 0 unspecified atom stereocenters. The first kappa shape index (κ1) is 21.4. The molecule has 4 nitrogen and oxygen atoms in total. The number of benzene rings is 2. The van der Waals surface area contributed by atoms with E-state index in [2.05, 4.69) is 94.3 Å². The first-order chi connectivity index (χ1) is 13.9. The molecule has 0 aliphatic rings. The second kappa shape index (κ2) is 9.94. The van der Waals surface area contributed by atoms with E-state index < -0.39 is 0 Å². The third-order valence-electron chi connectivity index (χ3n) is 4.55. The summed E-state index contributed by atoms with van der Waals surface area (Å²) < 4.78 is 3.21. The number of hydrogen-bond acceptors (Lipinski definition) is 3. The Morgan fingerprint density at radius 3 is 2.62 bits per heavy atom. The SMILES string of the molecule is Cc1ccc(CSCC(=O)N/N=C\c2cc(C)n(-c3cccc(Br)c3)c2C)cc1. The standard InChI is InChI=1S/C23H24BrN3OS/c1-16-7-9-19(10-8-16)14-29-15-23(28)26-25-13-20-11-17(2)27(18(20)3)22-6-4-5-21(24)12-22/h4-13H,14-15H2,1-3H3,(H,26,28)/b25-13-. The Morgan fingerprint density at radius 1 is 1.14 bits per heavy atom. The lowest BCUT2D eigenvalue weighted by atomic mass is 10.2. The van der Waals surface area contributed by atoms with Crippen LogP contribution in [-0.4, -0.2) is 22.4 Å². The lowest BCUT2D eigenvalue weighted by Gasteiger charge is -2.09. The number of rotatable bonds is 7. The summed E-state index contributed by atoms with van der Waals surface area (Å²) in [5.41, 5.74) is 9.34. The van der Waals surface area contributed by atoms with Crippen molar-refractivity contribution in [3.05, 3.63) is 87.1 Å². The van der Waals surface area contributed by atoms with Crippen LogP contribution >= 0.6 is 27.7 Å². The molecule has 0 radical (unpaired) electrons. The Balaban J connectivity index is 1.55. The Hall–Kier alpha value is -2.31. The van der Waals surface area contributed by atoms with Crippen molar-refractivity contribution in [3.8, 4) is 5.69 Å².